The van der Waals surface area contributed by atoms with Crippen LogP contribution in [-0.2, 0) is 0 Å². The molecule has 0 radical (unpaired) electrons. The second-order valence-electron chi connectivity index (χ2n) is 11.2. The van der Waals surface area contributed by atoms with Crippen molar-refractivity contribution in [1.82, 2.24) is 9.88 Å². The molecule has 3 aromatic carbocycles. The first-order chi connectivity index (χ1) is 20.5. The highest BCUT2D eigenvalue weighted by atomic mass is 32.2. The topological polar surface area (TPSA) is 79.4 Å². The van der Waals surface area contributed by atoms with Crippen molar-refractivity contribution >= 4 is 56.6 Å². The number of Topliss-reactive ketones (excluding diaryl/α,β-unsaturated/α-hetero) is 1. The summed E-state index contributed by atoms with van der Waals surface area (Å²) in [7, 11) is 0. The Hall–Kier alpha value is -3.49. The molecule has 2 heterocycles. The third-order valence-electron chi connectivity index (χ3n) is 8.31. The fourth-order valence-electron chi connectivity index (χ4n) is 5.96. The van der Waals surface area contributed by atoms with Crippen molar-refractivity contribution in [2.45, 2.75) is 61.6 Å². The largest absolute Gasteiger partial charge is 0.339 e. The van der Waals surface area contributed by atoms with Crippen LogP contribution in [0.25, 0.3) is 10.2 Å². The van der Waals surface area contributed by atoms with Gasteiger partial charge < -0.3 is 10.2 Å². The number of hydrogen-bond donors (Lipinski definition) is 1. The molecule has 1 saturated carbocycles. The van der Waals surface area contributed by atoms with Crippen LogP contribution in [-0.4, -0.2) is 46.3 Å². The second-order valence-corrected chi connectivity index (χ2v) is 13.4. The lowest BCUT2D eigenvalue weighted by Gasteiger charge is -2.27. The van der Waals surface area contributed by atoms with Gasteiger partial charge in [0.1, 0.15) is 0 Å². The molecule has 2 fully saturated rings. The average Bonchev–Trinajstić information content (AvgIpc) is 3.46. The highest BCUT2D eigenvalue weighted by Gasteiger charge is 2.23. The fourth-order valence-corrected chi connectivity index (χ4v) is 7.97. The molecule has 1 aromatic heterocycles. The number of amides is 2. The molecule has 216 valence electrons. The van der Waals surface area contributed by atoms with E-state index in [4.69, 9.17) is 0 Å². The van der Waals surface area contributed by atoms with Crippen LogP contribution in [0.3, 0.4) is 0 Å². The number of anilines is 1. The molecule has 1 N–H and O–H groups in total. The number of benzene rings is 3. The third kappa shape index (κ3) is 6.60. The molecule has 1 aliphatic heterocycles. The van der Waals surface area contributed by atoms with E-state index in [1.54, 1.807) is 24.3 Å². The molecule has 0 atom stereocenters. The number of aromatic nitrogens is 1. The molecule has 2 amide bonds. The summed E-state index contributed by atoms with van der Waals surface area (Å²) in [6, 6.07) is 20.8. The monoisotopic (exact) mass is 597 g/mol. The maximum Gasteiger partial charge on any atom is 0.256 e. The number of ketones is 1. The number of thioether (sulfide) groups is 1. The van der Waals surface area contributed by atoms with E-state index in [0.29, 0.717) is 28.5 Å². The lowest BCUT2D eigenvalue weighted by atomic mass is 9.84. The number of carbonyl (C=O) groups is 3. The molecule has 0 bridgehead atoms. The zero-order chi connectivity index (χ0) is 28.9. The summed E-state index contributed by atoms with van der Waals surface area (Å²) in [5, 5.41) is 2.97. The summed E-state index contributed by atoms with van der Waals surface area (Å²) >= 11 is 2.95. The van der Waals surface area contributed by atoms with Gasteiger partial charge in [0.05, 0.1) is 27.1 Å². The van der Waals surface area contributed by atoms with E-state index in [1.807, 2.05) is 35.2 Å². The van der Waals surface area contributed by atoms with Crippen molar-refractivity contribution in [3.8, 4) is 0 Å². The Morgan fingerprint density at radius 2 is 1.57 bits per heavy atom. The van der Waals surface area contributed by atoms with E-state index in [9.17, 15) is 14.4 Å². The normalized spacial score (nSPS) is 16.0. The van der Waals surface area contributed by atoms with Gasteiger partial charge in [-0.15, -0.1) is 11.3 Å². The van der Waals surface area contributed by atoms with E-state index in [-0.39, 0.29) is 17.6 Å². The summed E-state index contributed by atoms with van der Waals surface area (Å²) in [5.41, 5.74) is 4.37. The Morgan fingerprint density at radius 3 is 2.33 bits per heavy atom. The van der Waals surface area contributed by atoms with Gasteiger partial charge in [-0.25, -0.2) is 4.98 Å². The Balaban J connectivity index is 1.08. The highest BCUT2D eigenvalue weighted by molar-refractivity contribution is 8.01. The van der Waals surface area contributed by atoms with E-state index in [1.165, 1.54) is 60.8 Å². The molecule has 4 aromatic rings. The highest BCUT2D eigenvalue weighted by Crippen LogP contribution is 2.34. The maximum absolute atomic E-state index is 13.3. The van der Waals surface area contributed by atoms with Crippen molar-refractivity contribution in [3.63, 3.8) is 0 Å². The number of nitrogens with zero attached hydrogens (tertiary/aromatic N) is 2. The van der Waals surface area contributed by atoms with Crippen molar-refractivity contribution in [2.24, 2.45) is 0 Å². The molecule has 0 spiro atoms. The lowest BCUT2D eigenvalue weighted by molar-refractivity contribution is 0.0720. The standard InChI is InChI=1S/C34H35N3O3S2/c38-30(25-15-13-24(14-16-25)23-9-3-1-4-10-23)22-41-34-36-29-18-17-26(21-31(29)42-34)35-32(39)27-11-5-6-12-28(27)33(40)37-19-7-2-8-20-37/h5-6,11-18,21,23H,1-4,7-10,19-20,22H2,(H,35,39). The van der Waals surface area contributed by atoms with Gasteiger partial charge in [0.2, 0.25) is 0 Å². The Morgan fingerprint density at radius 1 is 0.857 bits per heavy atom. The summed E-state index contributed by atoms with van der Waals surface area (Å²) in [6.07, 6.45) is 9.55. The average molecular weight is 598 g/mol. The molecule has 1 aliphatic carbocycles. The molecule has 2 aliphatic rings. The van der Waals surface area contributed by atoms with Gasteiger partial charge in [-0.3, -0.25) is 14.4 Å². The number of nitrogens with one attached hydrogen (secondary N) is 1. The molecule has 8 heteroatoms. The number of likely N-dealkylation sites (tertiary alicyclic amines) is 1. The third-order valence-corrected chi connectivity index (χ3v) is 10.5. The summed E-state index contributed by atoms with van der Waals surface area (Å²) in [4.78, 5) is 45.8. The van der Waals surface area contributed by atoms with Gasteiger partial charge in [0.25, 0.3) is 11.8 Å². The quantitative estimate of drug-likeness (QED) is 0.164. The van der Waals surface area contributed by atoms with Crippen molar-refractivity contribution in [3.05, 3.63) is 89.0 Å². The van der Waals surface area contributed by atoms with Gasteiger partial charge in [-0.1, -0.05) is 67.4 Å². The van der Waals surface area contributed by atoms with E-state index in [2.05, 4.69) is 22.4 Å². The van der Waals surface area contributed by atoms with Crippen LogP contribution in [0.4, 0.5) is 5.69 Å². The van der Waals surface area contributed by atoms with Crippen molar-refractivity contribution < 1.29 is 14.4 Å². The number of rotatable bonds is 8. The van der Waals surface area contributed by atoms with Crippen LogP contribution in [0.15, 0.2) is 71.1 Å². The first-order valence-corrected chi connectivity index (χ1v) is 16.7. The second kappa shape index (κ2) is 13.2. The first-order valence-electron chi connectivity index (χ1n) is 14.9. The number of hydrogen-bond acceptors (Lipinski definition) is 6. The molecule has 0 unspecified atom stereocenters. The number of thiazole rings is 1. The summed E-state index contributed by atoms with van der Waals surface area (Å²) in [6.45, 7) is 1.46. The minimum atomic E-state index is -0.311. The Labute approximate surface area is 254 Å². The van der Waals surface area contributed by atoms with Crippen LogP contribution in [0, 0.1) is 0 Å². The Bertz CT molecular complexity index is 1590. The summed E-state index contributed by atoms with van der Waals surface area (Å²) < 4.78 is 1.75. The van der Waals surface area contributed by atoms with E-state index in [0.717, 1.165) is 52.5 Å². The molecule has 42 heavy (non-hydrogen) atoms. The summed E-state index contributed by atoms with van der Waals surface area (Å²) in [5.74, 6) is 0.657. The molecule has 6 nitrogen and oxygen atoms in total. The number of carbonyl (C=O) groups excluding carboxylic acids is 3. The predicted octanol–water partition coefficient (Wildman–Crippen LogP) is 8.20. The van der Waals surface area contributed by atoms with Gasteiger partial charge >= 0.3 is 0 Å². The number of piperidine rings is 1. The fraction of sp³-hybridized carbons (Fsp3) is 0.353. The molecule has 6 rings (SSSR count). The van der Waals surface area contributed by atoms with Gasteiger partial charge in [-0.05, 0) is 73.9 Å². The zero-order valence-electron chi connectivity index (χ0n) is 23.6. The van der Waals surface area contributed by atoms with Crippen LogP contribution < -0.4 is 5.32 Å². The van der Waals surface area contributed by atoms with Gasteiger partial charge in [0, 0.05) is 24.3 Å². The minimum absolute atomic E-state index is 0.0882. The van der Waals surface area contributed by atoms with Gasteiger partial charge in [0.15, 0.2) is 10.1 Å². The number of fused-ring (bicyclic) bond motifs is 1. The van der Waals surface area contributed by atoms with Crippen molar-refractivity contribution in [2.75, 3.05) is 24.2 Å². The molecular formula is C34H35N3O3S2. The molecule has 1 saturated heterocycles. The predicted molar refractivity (Wildman–Crippen MR) is 171 cm³/mol. The minimum Gasteiger partial charge on any atom is -0.339 e. The lowest BCUT2D eigenvalue weighted by Crippen LogP contribution is -2.36. The smallest absolute Gasteiger partial charge is 0.256 e. The van der Waals surface area contributed by atoms with E-state index < -0.39 is 0 Å². The van der Waals surface area contributed by atoms with Gasteiger partial charge in [-0.2, -0.15) is 0 Å². The molecular weight excluding hydrogens is 563 g/mol. The Kier molecular flexibility index (Phi) is 9.01. The SMILES string of the molecule is O=C(CSc1nc2ccc(NC(=O)c3ccccc3C(=O)N3CCCCC3)cc2s1)c1ccc(C2CCCCC2)cc1. The van der Waals surface area contributed by atoms with Crippen LogP contribution >= 0.6 is 23.1 Å². The van der Waals surface area contributed by atoms with Crippen LogP contribution in [0.2, 0.25) is 0 Å². The van der Waals surface area contributed by atoms with Crippen LogP contribution in [0.1, 0.15) is 93.9 Å². The maximum atomic E-state index is 13.3. The van der Waals surface area contributed by atoms with Crippen LogP contribution in [0.5, 0.6) is 0 Å². The van der Waals surface area contributed by atoms with E-state index >= 15 is 0 Å². The van der Waals surface area contributed by atoms with Crippen molar-refractivity contribution in [1.29, 1.82) is 0 Å². The first kappa shape index (κ1) is 28.6. The zero-order valence-corrected chi connectivity index (χ0v) is 25.3.